The molecule has 0 amide bonds. The van der Waals surface area contributed by atoms with Crippen molar-refractivity contribution in [2.75, 3.05) is 13.6 Å². The van der Waals surface area contributed by atoms with E-state index in [2.05, 4.69) is 6.07 Å². The molecule has 0 unspecified atom stereocenters. The molecule has 0 heterocycles. The third kappa shape index (κ3) is 3.41. The Kier molecular flexibility index (Phi) is 3.83. The Morgan fingerprint density at radius 2 is 2.20 bits per heavy atom. The first-order chi connectivity index (χ1) is 7.13. The van der Waals surface area contributed by atoms with Gasteiger partial charge in [0.1, 0.15) is 0 Å². The number of rotatable bonds is 4. The van der Waals surface area contributed by atoms with Crippen LogP contribution in [0.1, 0.15) is 11.1 Å². The van der Waals surface area contributed by atoms with Gasteiger partial charge in [-0.25, -0.2) is 0 Å². The van der Waals surface area contributed by atoms with Crippen LogP contribution < -0.4 is 0 Å². The molecule has 78 valence electrons. The summed E-state index contributed by atoms with van der Waals surface area (Å²) in [5, 5.41) is 17.4. The van der Waals surface area contributed by atoms with E-state index in [1.807, 2.05) is 12.1 Å². The molecule has 0 bridgehead atoms. The van der Waals surface area contributed by atoms with E-state index in [4.69, 9.17) is 10.4 Å². The highest BCUT2D eigenvalue weighted by Gasteiger charge is 2.07. The van der Waals surface area contributed by atoms with Gasteiger partial charge in [0.15, 0.2) is 0 Å². The van der Waals surface area contributed by atoms with Crippen LogP contribution in [0.4, 0.5) is 0 Å². The lowest BCUT2D eigenvalue weighted by molar-refractivity contribution is -0.138. The lowest BCUT2D eigenvalue weighted by Gasteiger charge is -2.14. The van der Waals surface area contributed by atoms with Crippen LogP contribution in [-0.2, 0) is 11.3 Å². The topological polar surface area (TPSA) is 64.3 Å². The van der Waals surface area contributed by atoms with Crippen LogP contribution in [0.15, 0.2) is 24.3 Å². The Balaban J connectivity index is 2.72. The summed E-state index contributed by atoms with van der Waals surface area (Å²) < 4.78 is 0. The van der Waals surface area contributed by atoms with Gasteiger partial charge in [-0.05, 0) is 18.7 Å². The molecule has 4 heteroatoms. The van der Waals surface area contributed by atoms with E-state index >= 15 is 0 Å². The minimum atomic E-state index is -0.869. The molecule has 15 heavy (non-hydrogen) atoms. The summed E-state index contributed by atoms with van der Waals surface area (Å²) in [6.07, 6.45) is 0. The zero-order valence-corrected chi connectivity index (χ0v) is 8.47. The first-order valence-corrected chi connectivity index (χ1v) is 4.52. The molecule has 1 rings (SSSR count). The molecule has 0 aromatic heterocycles. The van der Waals surface area contributed by atoms with Crippen molar-refractivity contribution in [3.63, 3.8) is 0 Å². The number of carboxylic acids is 1. The molecule has 4 nitrogen and oxygen atoms in total. The van der Waals surface area contributed by atoms with Crippen LogP contribution in [0.25, 0.3) is 0 Å². The molecule has 0 fully saturated rings. The molecular formula is C11H12N2O2. The minimum Gasteiger partial charge on any atom is -0.480 e. The highest BCUT2D eigenvalue weighted by Crippen LogP contribution is 2.09. The SMILES string of the molecule is CN(CC(=O)O)Cc1ccccc1C#N. The van der Waals surface area contributed by atoms with Crippen molar-refractivity contribution in [2.24, 2.45) is 0 Å². The van der Waals surface area contributed by atoms with E-state index in [-0.39, 0.29) is 6.54 Å². The maximum atomic E-state index is 10.4. The van der Waals surface area contributed by atoms with Gasteiger partial charge in [-0.15, -0.1) is 0 Å². The second-order valence-corrected chi connectivity index (χ2v) is 3.33. The van der Waals surface area contributed by atoms with Gasteiger partial charge in [-0.1, -0.05) is 18.2 Å². The van der Waals surface area contributed by atoms with Crippen LogP contribution in [0, 0.1) is 11.3 Å². The Bertz CT molecular complexity index is 396. The van der Waals surface area contributed by atoms with E-state index in [0.29, 0.717) is 12.1 Å². The summed E-state index contributed by atoms with van der Waals surface area (Å²) in [4.78, 5) is 12.1. The fraction of sp³-hybridized carbons (Fsp3) is 0.273. The molecule has 1 aromatic rings. The summed E-state index contributed by atoms with van der Waals surface area (Å²) in [5.41, 5.74) is 1.44. The third-order valence-corrected chi connectivity index (χ3v) is 1.98. The molecule has 1 aromatic carbocycles. The molecule has 0 radical (unpaired) electrons. The number of likely N-dealkylation sites (N-methyl/N-ethyl adjacent to an activating group) is 1. The van der Waals surface area contributed by atoms with Crippen molar-refractivity contribution in [2.45, 2.75) is 6.54 Å². The smallest absolute Gasteiger partial charge is 0.317 e. The average molecular weight is 204 g/mol. The molecule has 0 saturated heterocycles. The normalized spacial score (nSPS) is 9.93. The lowest BCUT2D eigenvalue weighted by Crippen LogP contribution is -2.25. The predicted octanol–water partition coefficient (Wildman–Crippen LogP) is 1.07. The molecular weight excluding hydrogens is 192 g/mol. The summed E-state index contributed by atoms with van der Waals surface area (Å²) in [6.45, 7) is 0.440. The molecule has 0 saturated carbocycles. The number of aliphatic carboxylic acids is 1. The van der Waals surface area contributed by atoms with Gasteiger partial charge in [0, 0.05) is 6.54 Å². The summed E-state index contributed by atoms with van der Waals surface area (Å²) in [6, 6.07) is 9.27. The van der Waals surface area contributed by atoms with Crippen LogP contribution in [0.3, 0.4) is 0 Å². The average Bonchev–Trinajstić information content (AvgIpc) is 2.17. The molecule has 0 aliphatic heterocycles. The Labute approximate surface area is 88.4 Å². The third-order valence-electron chi connectivity index (χ3n) is 1.98. The number of nitrogens with zero attached hydrogens (tertiary/aromatic N) is 2. The van der Waals surface area contributed by atoms with Crippen LogP contribution in [0.2, 0.25) is 0 Å². The van der Waals surface area contributed by atoms with Crippen LogP contribution >= 0.6 is 0 Å². The van der Waals surface area contributed by atoms with Gasteiger partial charge in [0.25, 0.3) is 0 Å². The second kappa shape index (κ2) is 5.13. The van der Waals surface area contributed by atoms with E-state index in [9.17, 15) is 4.79 Å². The van der Waals surface area contributed by atoms with Crippen molar-refractivity contribution in [3.05, 3.63) is 35.4 Å². The van der Waals surface area contributed by atoms with Crippen LogP contribution in [-0.4, -0.2) is 29.6 Å². The maximum Gasteiger partial charge on any atom is 0.317 e. The van der Waals surface area contributed by atoms with E-state index in [0.717, 1.165) is 5.56 Å². The second-order valence-electron chi connectivity index (χ2n) is 3.33. The monoisotopic (exact) mass is 204 g/mol. The van der Waals surface area contributed by atoms with E-state index in [1.165, 1.54) is 0 Å². The number of benzene rings is 1. The quantitative estimate of drug-likeness (QED) is 0.796. The highest BCUT2D eigenvalue weighted by molar-refractivity contribution is 5.69. The van der Waals surface area contributed by atoms with Crippen molar-refractivity contribution in [1.82, 2.24) is 4.90 Å². The van der Waals surface area contributed by atoms with Gasteiger partial charge in [0.05, 0.1) is 18.2 Å². The number of carboxylic acid groups (broad SMARTS) is 1. The van der Waals surface area contributed by atoms with Crippen molar-refractivity contribution in [1.29, 1.82) is 5.26 Å². The van der Waals surface area contributed by atoms with Gasteiger partial charge in [0.2, 0.25) is 0 Å². The lowest BCUT2D eigenvalue weighted by atomic mass is 10.1. The summed E-state index contributed by atoms with van der Waals surface area (Å²) in [7, 11) is 1.71. The zero-order chi connectivity index (χ0) is 11.3. The molecule has 0 spiro atoms. The number of hydrogen-bond acceptors (Lipinski definition) is 3. The zero-order valence-electron chi connectivity index (χ0n) is 8.47. The first-order valence-electron chi connectivity index (χ1n) is 4.52. The highest BCUT2D eigenvalue weighted by atomic mass is 16.4. The first kappa shape index (κ1) is 11.2. The van der Waals surface area contributed by atoms with Crippen molar-refractivity contribution in [3.8, 4) is 6.07 Å². The Morgan fingerprint density at radius 1 is 1.53 bits per heavy atom. The van der Waals surface area contributed by atoms with Gasteiger partial charge in [-0.3, -0.25) is 9.69 Å². The number of hydrogen-bond donors (Lipinski definition) is 1. The summed E-state index contributed by atoms with van der Waals surface area (Å²) >= 11 is 0. The fourth-order valence-electron chi connectivity index (χ4n) is 1.34. The molecule has 0 aliphatic carbocycles. The summed E-state index contributed by atoms with van der Waals surface area (Å²) in [5.74, 6) is -0.869. The molecule has 1 N–H and O–H groups in total. The minimum absolute atomic E-state index is 0.0280. The van der Waals surface area contributed by atoms with E-state index in [1.54, 1.807) is 24.1 Å². The Hall–Kier alpha value is -1.86. The van der Waals surface area contributed by atoms with E-state index < -0.39 is 5.97 Å². The number of carbonyl (C=O) groups is 1. The number of nitriles is 1. The van der Waals surface area contributed by atoms with Crippen molar-refractivity contribution >= 4 is 5.97 Å². The van der Waals surface area contributed by atoms with Gasteiger partial charge >= 0.3 is 5.97 Å². The van der Waals surface area contributed by atoms with Gasteiger partial charge in [-0.2, -0.15) is 5.26 Å². The molecule has 0 aliphatic rings. The largest absolute Gasteiger partial charge is 0.480 e. The Morgan fingerprint density at radius 3 is 2.80 bits per heavy atom. The molecule has 0 atom stereocenters. The maximum absolute atomic E-state index is 10.4. The van der Waals surface area contributed by atoms with Crippen molar-refractivity contribution < 1.29 is 9.90 Å². The standard InChI is InChI=1S/C11H12N2O2/c1-13(8-11(14)15)7-10-5-3-2-4-9(10)6-12/h2-5H,7-8H2,1H3,(H,14,15). The predicted molar refractivity (Wildman–Crippen MR) is 55.1 cm³/mol. The van der Waals surface area contributed by atoms with Gasteiger partial charge < -0.3 is 5.11 Å². The fourth-order valence-corrected chi connectivity index (χ4v) is 1.34. The van der Waals surface area contributed by atoms with Crippen LogP contribution in [0.5, 0.6) is 0 Å².